The molecule has 9 nitrogen and oxygen atoms in total. The molecule has 2 saturated heterocycles. The number of Topliss-reactive ketones (excluding diaryl/α,β-unsaturated/α-hetero) is 1. The van der Waals surface area contributed by atoms with Gasteiger partial charge in [-0.25, -0.2) is 4.98 Å². The van der Waals surface area contributed by atoms with Gasteiger partial charge in [0.05, 0.1) is 16.5 Å². The second-order valence-electron chi connectivity index (χ2n) is 8.66. The topological polar surface area (TPSA) is 114 Å². The highest BCUT2D eigenvalue weighted by Gasteiger charge is 2.53. The van der Waals surface area contributed by atoms with Crippen LogP contribution in [0, 0.1) is 5.92 Å². The molecule has 3 aliphatic rings. The number of likely N-dealkylation sites (tertiary alicyclic amines) is 1. The van der Waals surface area contributed by atoms with Crippen molar-refractivity contribution in [2.45, 2.75) is 55.7 Å². The first-order valence-corrected chi connectivity index (χ1v) is 12.4. The van der Waals surface area contributed by atoms with Crippen molar-refractivity contribution in [3.8, 4) is 10.6 Å². The van der Waals surface area contributed by atoms with Crippen molar-refractivity contribution in [3.63, 3.8) is 0 Å². The molecule has 0 bridgehead atoms. The molecular formula is C22H24ClN5O4S. The van der Waals surface area contributed by atoms with E-state index in [0.717, 1.165) is 37.0 Å². The third kappa shape index (κ3) is 4.39. The van der Waals surface area contributed by atoms with Crippen molar-refractivity contribution in [3.05, 3.63) is 29.8 Å². The molecule has 4 heterocycles. The van der Waals surface area contributed by atoms with Crippen LogP contribution in [-0.2, 0) is 14.3 Å². The maximum absolute atomic E-state index is 13.7. The molecular weight excluding hydrogens is 466 g/mol. The van der Waals surface area contributed by atoms with Gasteiger partial charge in [0.1, 0.15) is 30.5 Å². The molecule has 174 valence electrons. The summed E-state index contributed by atoms with van der Waals surface area (Å²) in [7, 11) is 0. The molecule has 0 radical (unpaired) electrons. The quantitative estimate of drug-likeness (QED) is 0.639. The molecule has 1 unspecified atom stereocenters. The number of carbonyl (C=O) groups excluding carboxylic acids is 3. The lowest BCUT2D eigenvalue weighted by molar-refractivity contribution is -0.139. The smallest absolute Gasteiger partial charge is 0.280 e. The van der Waals surface area contributed by atoms with E-state index >= 15 is 0 Å². The van der Waals surface area contributed by atoms with E-state index in [1.54, 1.807) is 24.8 Å². The second kappa shape index (κ2) is 9.44. The maximum atomic E-state index is 13.7. The van der Waals surface area contributed by atoms with Crippen molar-refractivity contribution in [1.82, 2.24) is 25.2 Å². The first kappa shape index (κ1) is 22.4. The number of alkyl halides is 1. The fraction of sp³-hybridized carbons (Fsp3) is 0.545. The molecule has 4 atom stereocenters. The summed E-state index contributed by atoms with van der Waals surface area (Å²) in [6.07, 6.45) is 10.7. The zero-order valence-corrected chi connectivity index (χ0v) is 19.4. The normalized spacial score (nSPS) is 26.3. The molecule has 2 aromatic rings. The van der Waals surface area contributed by atoms with Gasteiger partial charge in [-0.2, -0.15) is 0 Å². The predicted octanol–water partition coefficient (Wildman–Crippen LogP) is 2.06. The molecule has 0 aromatic carbocycles. The number of nitrogens with one attached hydrogen (secondary N) is 1. The monoisotopic (exact) mass is 489 g/mol. The van der Waals surface area contributed by atoms with Crippen LogP contribution in [0.25, 0.3) is 10.6 Å². The summed E-state index contributed by atoms with van der Waals surface area (Å²) in [6, 6.07) is -1.41. The average molecular weight is 490 g/mol. The van der Waals surface area contributed by atoms with Crippen LogP contribution < -0.4 is 5.32 Å². The number of ether oxygens (including phenoxy) is 1. The summed E-state index contributed by atoms with van der Waals surface area (Å²) >= 11 is 7.59. The Kier molecular flexibility index (Phi) is 6.40. The predicted molar refractivity (Wildman–Crippen MR) is 121 cm³/mol. The van der Waals surface area contributed by atoms with E-state index in [1.807, 2.05) is 0 Å². The SMILES string of the molecule is O=C(NC(C(=O)N1C[C@H](Cl)[C@H]2OCC(=O)[C@H]21)C1CCCCC1)c1ncc(-c2cnccn2)s1. The van der Waals surface area contributed by atoms with Gasteiger partial charge in [0.2, 0.25) is 5.91 Å². The zero-order chi connectivity index (χ0) is 22.9. The zero-order valence-electron chi connectivity index (χ0n) is 17.9. The molecule has 2 amide bonds. The fourth-order valence-electron chi connectivity index (χ4n) is 4.98. The van der Waals surface area contributed by atoms with E-state index in [2.05, 4.69) is 20.3 Å². The standard InChI is InChI=1S/C22H24ClN5O4S/c23-13-10-28(18-15(29)11-32-19(13)18)22(31)17(12-4-2-1-3-5-12)27-20(30)21-26-9-16(33-21)14-8-24-6-7-25-14/h6-9,12-13,17-19H,1-5,10-11H2,(H,27,30)/t13-,17?,18+,19+/m0/s1. The molecule has 2 aromatic heterocycles. The van der Waals surface area contributed by atoms with E-state index < -0.39 is 29.5 Å². The van der Waals surface area contributed by atoms with Crippen LogP contribution in [0.1, 0.15) is 41.9 Å². The van der Waals surface area contributed by atoms with Gasteiger partial charge in [0.15, 0.2) is 10.8 Å². The Labute approximate surface area is 199 Å². The third-order valence-electron chi connectivity index (χ3n) is 6.60. The van der Waals surface area contributed by atoms with E-state index in [9.17, 15) is 14.4 Å². The minimum absolute atomic E-state index is 0.000119. The van der Waals surface area contributed by atoms with Gasteiger partial charge in [-0.3, -0.25) is 24.4 Å². The number of carbonyl (C=O) groups is 3. The number of nitrogens with zero attached hydrogens (tertiary/aromatic N) is 4. The lowest BCUT2D eigenvalue weighted by atomic mass is 9.83. The minimum atomic E-state index is -0.738. The van der Waals surface area contributed by atoms with Crippen LogP contribution in [0.3, 0.4) is 0 Å². The number of aromatic nitrogens is 3. The van der Waals surface area contributed by atoms with Crippen molar-refractivity contribution in [2.75, 3.05) is 13.2 Å². The summed E-state index contributed by atoms with van der Waals surface area (Å²) in [4.78, 5) is 54.0. The minimum Gasteiger partial charge on any atom is -0.366 e. The Morgan fingerprint density at radius 1 is 1.18 bits per heavy atom. The number of thiazole rings is 1. The third-order valence-corrected chi connectivity index (χ3v) is 8.00. The van der Waals surface area contributed by atoms with Crippen LogP contribution in [0.5, 0.6) is 0 Å². The molecule has 5 rings (SSSR count). The molecule has 11 heteroatoms. The maximum Gasteiger partial charge on any atom is 0.280 e. The molecule has 1 aliphatic carbocycles. The Balaban J connectivity index is 1.37. The van der Waals surface area contributed by atoms with E-state index in [-0.39, 0.29) is 35.8 Å². The first-order chi connectivity index (χ1) is 16.0. The van der Waals surface area contributed by atoms with Gasteiger partial charge in [-0.1, -0.05) is 19.3 Å². The Hall–Kier alpha value is -2.43. The van der Waals surface area contributed by atoms with Crippen molar-refractivity contribution >= 4 is 40.5 Å². The van der Waals surface area contributed by atoms with Crippen LogP contribution in [-0.4, -0.2) is 74.2 Å². The second-order valence-corrected chi connectivity index (χ2v) is 10.3. The molecule has 1 N–H and O–H groups in total. The van der Waals surface area contributed by atoms with Crippen LogP contribution in [0.2, 0.25) is 0 Å². The van der Waals surface area contributed by atoms with Crippen LogP contribution in [0.15, 0.2) is 24.8 Å². The summed E-state index contributed by atoms with van der Waals surface area (Å²) in [5.74, 6) is -0.817. The Morgan fingerprint density at radius 2 is 2.00 bits per heavy atom. The summed E-state index contributed by atoms with van der Waals surface area (Å²) in [6.45, 7) is 0.196. The Bertz CT molecular complexity index is 1040. The number of fused-ring (bicyclic) bond motifs is 1. The van der Waals surface area contributed by atoms with Gasteiger partial charge < -0.3 is 15.0 Å². The van der Waals surface area contributed by atoms with Crippen molar-refractivity contribution < 1.29 is 19.1 Å². The summed E-state index contributed by atoms with van der Waals surface area (Å²) < 4.78 is 5.52. The van der Waals surface area contributed by atoms with Crippen LogP contribution >= 0.6 is 22.9 Å². The van der Waals surface area contributed by atoms with Crippen molar-refractivity contribution in [1.29, 1.82) is 0 Å². The molecule has 1 saturated carbocycles. The Morgan fingerprint density at radius 3 is 2.76 bits per heavy atom. The highest BCUT2D eigenvalue weighted by atomic mass is 35.5. The lowest BCUT2D eigenvalue weighted by Crippen LogP contribution is -2.55. The molecule has 0 spiro atoms. The molecule has 33 heavy (non-hydrogen) atoms. The molecule has 2 aliphatic heterocycles. The number of hydrogen-bond donors (Lipinski definition) is 1. The van der Waals surface area contributed by atoms with Crippen molar-refractivity contribution in [2.24, 2.45) is 5.92 Å². The average Bonchev–Trinajstić information content (AvgIpc) is 3.56. The summed E-state index contributed by atoms with van der Waals surface area (Å²) in [5, 5.41) is 2.75. The van der Waals surface area contributed by atoms with Gasteiger partial charge in [0.25, 0.3) is 5.91 Å². The van der Waals surface area contributed by atoms with E-state index in [4.69, 9.17) is 16.3 Å². The summed E-state index contributed by atoms with van der Waals surface area (Å²) in [5.41, 5.74) is 0.630. The van der Waals surface area contributed by atoms with Crippen LogP contribution in [0.4, 0.5) is 0 Å². The number of ketones is 1. The van der Waals surface area contributed by atoms with Gasteiger partial charge >= 0.3 is 0 Å². The fourth-order valence-corrected chi connectivity index (χ4v) is 6.12. The van der Waals surface area contributed by atoms with Gasteiger partial charge in [-0.05, 0) is 18.8 Å². The highest BCUT2D eigenvalue weighted by molar-refractivity contribution is 7.16. The van der Waals surface area contributed by atoms with Gasteiger partial charge in [-0.15, -0.1) is 22.9 Å². The molecule has 3 fully saturated rings. The van der Waals surface area contributed by atoms with E-state index in [0.29, 0.717) is 5.69 Å². The number of rotatable bonds is 5. The van der Waals surface area contributed by atoms with E-state index in [1.165, 1.54) is 16.2 Å². The largest absolute Gasteiger partial charge is 0.366 e. The number of halogens is 1. The van der Waals surface area contributed by atoms with Gasteiger partial charge in [0, 0.05) is 25.1 Å². The number of hydrogen-bond acceptors (Lipinski definition) is 8. The first-order valence-electron chi connectivity index (χ1n) is 11.1. The highest BCUT2D eigenvalue weighted by Crippen LogP contribution is 2.34. The lowest BCUT2D eigenvalue weighted by Gasteiger charge is -2.34. The number of amides is 2.